The van der Waals surface area contributed by atoms with Crippen molar-refractivity contribution >= 4 is 38.4 Å². The molecule has 0 aliphatic carbocycles. The van der Waals surface area contributed by atoms with Crippen molar-refractivity contribution in [2.45, 2.75) is 19.5 Å². The molecule has 0 bridgehead atoms. The first-order chi connectivity index (χ1) is 22.3. The number of thiophene rings is 1. The zero-order chi connectivity index (χ0) is 32.1. The Hall–Kier alpha value is -4.94. The number of methoxy groups -OCH3 is 1. The number of imidazole rings is 1. The summed E-state index contributed by atoms with van der Waals surface area (Å²) in [4.78, 5) is 24.1. The summed E-state index contributed by atoms with van der Waals surface area (Å²) in [6.07, 6.45) is 3.07. The van der Waals surface area contributed by atoms with Crippen LogP contribution in [-0.2, 0) is 23.1 Å². The fourth-order valence-corrected chi connectivity index (χ4v) is 7.07. The van der Waals surface area contributed by atoms with Gasteiger partial charge in [0.05, 0.1) is 53.5 Å². The van der Waals surface area contributed by atoms with Gasteiger partial charge in [-0.25, -0.2) is 18.7 Å². The number of carbonyl (C=O) groups excluding carboxylic acids is 1. The molecule has 1 atom stereocenters. The van der Waals surface area contributed by atoms with Crippen LogP contribution in [0, 0.1) is 11.6 Å². The number of aromatic nitrogens is 5. The van der Waals surface area contributed by atoms with Gasteiger partial charge in [0, 0.05) is 54.0 Å². The van der Waals surface area contributed by atoms with Crippen molar-refractivity contribution in [2.75, 3.05) is 26.9 Å². The highest BCUT2D eigenvalue weighted by atomic mass is 32.1. The number of halogens is 2. The molecule has 0 saturated heterocycles. The smallest absolute Gasteiger partial charge is 0.246 e. The quantitative estimate of drug-likeness (QED) is 0.135. The molecule has 234 valence electrons. The summed E-state index contributed by atoms with van der Waals surface area (Å²) in [7, 11) is 3.46. The van der Waals surface area contributed by atoms with Gasteiger partial charge < -0.3 is 18.9 Å². The predicted molar refractivity (Wildman–Crippen MR) is 174 cm³/mol. The van der Waals surface area contributed by atoms with Crippen LogP contribution >= 0.6 is 11.3 Å². The van der Waals surface area contributed by atoms with Crippen LogP contribution in [0.25, 0.3) is 54.9 Å². The van der Waals surface area contributed by atoms with E-state index >= 15 is 4.39 Å². The van der Waals surface area contributed by atoms with E-state index in [9.17, 15) is 9.18 Å². The minimum atomic E-state index is -0.784. The molecule has 1 amide bonds. The van der Waals surface area contributed by atoms with Crippen LogP contribution in [0.3, 0.4) is 0 Å². The summed E-state index contributed by atoms with van der Waals surface area (Å²) in [5, 5.41) is 7.65. The van der Waals surface area contributed by atoms with Crippen LogP contribution in [0.5, 0.6) is 5.75 Å². The van der Waals surface area contributed by atoms with Gasteiger partial charge in [-0.05, 0) is 42.6 Å². The third-order valence-electron chi connectivity index (χ3n) is 8.38. The molecule has 9 nitrogen and oxygen atoms in total. The largest absolute Gasteiger partial charge is 0.490 e. The van der Waals surface area contributed by atoms with Crippen LogP contribution in [0.1, 0.15) is 18.7 Å². The molecule has 1 aliphatic rings. The molecule has 4 aromatic heterocycles. The molecular formula is C34H30F2N6O3S. The van der Waals surface area contributed by atoms with Crippen molar-refractivity contribution < 1.29 is 23.0 Å². The first-order valence-electron chi connectivity index (χ1n) is 14.7. The van der Waals surface area contributed by atoms with E-state index in [1.807, 2.05) is 58.9 Å². The predicted octanol–water partition coefficient (Wildman–Crippen LogP) is 6.77. The van der Waals surface area contributed by atoms with E-state index in [4.69, 9.17) is 19.6 Å². The highest BCUT2D eigenvalue weighted by Crippen LogP contribution is 2.47. The molecule has 7 rings (SSSR count). The lowest BCUT2D eigenvalue weighted by Gasteiger charge is -2.33. The second-order valence-corrected chi connectivity index (χ2v) is 12.0. The van der Waals surface area contributed by atoms with E-state index in [2.05, 4.69) is 11.6 Å². The molecule has 46 heavy (non-hydrogen) atoms. The van der Waals surface area contributed by atoms with Gasteiger partial charge in [0.15, 0.2) is 0 Å². The summed E-state index contributed by atoms with van der Waals surface area (Å²) in [6.45, 7) is 6.84. The Labute approximate surface area is 267 Å². The Kier molecular flexibility index (Phi) is 7.61. The van der Waals surface area contributed by atoms with Gasteiger partial charge in [-0.3, -0.25) is 9.48 Å². The molecule has 0 N–H and O–H groups in total. The molecule has 1 unspecified atom stereocenters. The van der Waals surface area contributed by atoms with Crippen LogP contribution < -0.4 is 4.74 Å². The lowest BCUT2D eigenvalue weighted by atomic mass is 9.96. The molecule has 5 heterocycles. The standard InChI is InChI=1S/C34H30F2N6O3S/c1-5-29(43)41-9-10-42-27(19(41)2)17-25(39-42)33-31(30-23(36)15-21(35)16-28(30)45-12-11-44-4)34-22(8-13-46-34)32(38-33)20-6-7-26-24(14-20)37-18-40(26)3/h5-8,13-19H,1,9-12H2,2-4H3. The highest BCUT2D eigenvalue weighted by Gasteiger charge is 2.31. The first-order valence-corrected chi connectivity index (χ1v) is 15.6. The van der Waals surface area contributed by atoms with E-state index in [1.54, 1.807) is 11.2 Å². The number of carbonyl (C=O) groups is 1. The summed E-state index contributed by atoms with van der Waals surface area (Å²) < 4.78 is 46.2. The van der Waals surface area contributed by atoms with Gasteiger partial charge in [0.25, 0.3) is 0 Å². The molecular weight excluding hydrogens is 610 g/mol. The van der Waals surface area contributed by atoms with E-state index in [0.717, 1.165) is 38.4 Å². The topological polar surface area (TPSA) is 87.3 Å². The summed E-state index contributed by atoms with van der Waals surface area (Å²) >= 11 is 1.43. The number of aryl methyl sites for hydroxylation is 1. The summed E-state index contributed by atoms with van der Waals surface area (Å²) in [5.41, 5.74) is 5.53. The van der Waals surface area contributed by atoms with Crippen molar-refractivity contribution in [3.63, 3.8) is 0 Å². The summed E-state index contributed by atoms with van der Waals surface area (Å²) in [5.74, 6) is -1.68. The molecule has 12 heteroatoms. The minimum Gasteiger partial charge on any atom is -0.490 e. The van der Waals surface area contributed by atoms with E-state index in [-0.39, 0.29) is 36.5 Å². The number of amides is 1. The van der Waals surface area contributed by atoms with Gasteiger partial charge in [-0.15, -0.1) is 11.3 Å². The molecule has 0 fully saturated rings. The molecule has 0 spiro atoms. The molecule has 0 radical (unpaired) electrons. The Morgan fingerprint density at radius 3 is 2.76 bits per heavy atom. The fraction of sp³-hybridized carbons (Fsp3) is 0.235. The highest BCUT2D eigenvalue weighted by molar-refractivity contribution is 7.18. The zero-order valence-electron chi connectivity index (χ0n) is 25.5. The Morgan fingerprint density at radius 2 is 1.96 bits per heavy atom. The number of hydrogen-bond donors (Lipinski definition) is 0. The van der Waals surface area contributed by atoms with Crippen molar-refractivity contribution in [2.24, 2.45) is 7.05 Å². The van der Waals surface area contributed by atoms with Crippen LogP contribution in [0.2, 0.25) is 0 Å². The number of nitrogens with zero attached hydrogens (tertiary/aromatic N) is 6. The Morgan fingerprint density at radius 1 is 1.11 bits per heavy atom. The number of ether oxygens (including phenoxy) is 2. The minimum absolute atomic E-state index is 0.0371. The lowest BCUT2D eigenvalue weighted by Crippen LogP contribution is -2.40. The number of fused-ring (bicyclic) bond motifs is 3. The van der Waals surface area contributed by atoms with Crippen molar-refractivity contribution in [3.8, 4) is 39.5 Å². The van der Waals surface area contributed by atoms with Gasteiger partial charge >= 0.3 is 0 Å². The zero-order valence-corrected chi connectivity index (χ0v) is 26.3. The van der Waals surface area contributed by atoms with Crippen LogP contribution in [-0.4, -0.2) is 62.0 Å². The number of rotatable bonds is 8. The second-order valence-electron chi connectivity index (χ2n) is 11.1. The van der Waals surface area contributed by atoms with Crippen LogP contribution in [0.4, 0.5) is 8.78 Å². The average molecular weight is 641 g/mol. The van der Waals surface area contributed by atoms with E-state index in [0.29, 0.717) is 35.7 Å². The normalized spacial score (nSPS) is 14.6. The third kappa shape index (κ3) is 4.94. The maximum absolute atomic E-state index is 16.0. The third-order valence-corrected chi connectivity index (χ3v) is 9.31. The van der Waals surface area contributed by atoms with Crippen molar-refractivity contribution in [3.05, 3.63) is 84.2 Å². The van der Waals surface area contributed by atoms with Crippen LogP contribution in [0.15, 0.2) is 66.8 Å². The monoisotopic (exact) mass is 640 g/mol. The molecule has 0 saturated carbocycles. The number of pyridine rings is 1. The maximum atomic E-state index is 16.0. The second kappa shape index (κ2) is 11.8. The van der Waals surface area contributed by atoms with Crippen molar-refractivity contribution in [1.29, 1.82) is 0 Å². The average Bonchev–Trinajstić information content (AvgIpc) is 3.79. The van der Waals surface area contributed by atoms with E-state index < -0.39 is 11.6 Å². The maximum Gasteiger partial charge on any atom is 0.246 e. The molecule has 6 aromatic rings. The van der Waals surface area contributed by atoms with Gasteiger partial charge in [-0.2, -0.15) is 5.10 Å². The number of benzene rings is 2. The summed E-state index contributed by atoms with van der Waals surface area (Å²) in [6, 6.07) is 11.5. The van der Waals surface area contributed by atoms with E-state index in [1.165, 1.54) is 30.6 Å². The van der Waals surface area contributed by atoms with Gasteiger partial charge in [0.2, 0.25) is 5.91 Å². The molecule has 2 aromatic carbocycles. The number of hydrogen-bond acceptors (Lipinski definition) is 7. The Balaban J connectivity index is 1.50. The van der Waals surface area contributed by atoms with Gasteiger partial charge in [0.1, 0.15) is 35.4 Å². The molecule has 1 aliphatic heterocycles. The first kappa shape index (κ1) is 29.8. The lowest BCUT2D eigenvalue weighted by molar-refractivity contribution is -0.129. The SMILES string of the molecule is C=CC(=O)N1CCn2nc(-c3nc(-c4ccc5c(c4)ncn5C)c4ccsc4c3-c3c(F)cc(F)cc3OCCOC)cc2C1C. The van der Waals surface area contributed by atoms with Crippen molar-refractivity contribution in [1.82, 2.24) is 29.2 Å². The fourth-order valence-electron chi connectivity index (χ4n) is 6.12. The Bertz CT molecular complexity index is 2150. The van der Waals surface area contributed by atoms with Gasteiger partial charge in [-0.1, -0.05) is 12.6 Å².